The van der Waals surface area contributed by atoms with Gasteiger partial charge in [0.2, 0.25) is 0 Å². The highest BCUT2D eigenvalue weighted by atomic mass is 35.5. The summed E-state index contributed by atoms with van der Waals surface area (Å²) in [5.41, 5.74) is 1.77. The van der Waals surface area contributed by atoms with Gasteiger partial charge in [-0.05, 0) is 18.2 Å². The van der Waals surface area contributed by atoms with Crippen LogP contribution in [0.1, 0.15) is 11.1 Å². The maximum Gasteiger partial charge on any atom is 0.279 e. The minimum Gasteiger partial charge on any atom is -0.302 e. The number of carbonyl (C=O) groups excluding carboxylic acids is 1. The zero-order valence-corrected chi connectivity index (χ0v) is 13.4. The van der Waals surface area contributed by atoms with Gasteiger partial charge in [0, 0.05) is 17.7 Å². The van der Waals surface area contributed by atoms with E-state index in [0.29, 0.717) is 12.1 Å². The van der Waals surface area contributed by atoms with E-state index in [1.54, 1.807) is 23.1 Å². The molecule has 1 amide bonds. The van der Waals surface area contributed by atoms with Crippen molar-refractivity contribution in [2.24, 2.45) is 10.2 Å². The first kappa shape index (κ1) is 16.1. The van der Waals surface area contributed by atoms with Crippen molar-refractivity contribution in [1.29, 1.82) is 0 Å². The van der Waals surface area contributed by atoms with Gasteiger partial charge in [-0.15, -0.1) is 11.7 Å². The summed E-state index contributed by atoms with van der Waals surface area (Å²) in [7, 11) is 0. The van der Waals surface area contributed by atoms with Gasteiger partial charge in [-0.1, -0.05) is 41.9 Å². The molecular formula is C18H13ClFN3O. The second kappa shape index (κ2) is 6.76. The number of fused-ring (bicyclic) bond motifs is 1. The molecule has 3 rings (SSSR count). The van der Waals surface area contributed by atoms with E-state index < -0.39 is 5.82 Å². The second-order valence-electron chi connectivity index (χ2n) is 5.05. The fraction of sp³-hybridized carbons (Fsp3) is 0.0556. The molecule has 2 aromatic rings. The van der Waals surface area contributed by atoms with Crippen LogP contribution in [0.15, 0.2) is 65.3 Å². The number of benzene rings is 2. The average molecular weight is 342 g/mol. The third-order valence-electron chi connectivity index (χ3n) is 3.55. The zero-order valence-electron chi connectivity index (χ0n) is 12.6. The molecule has 0 saturated heterocycles. The Balaban J connectivity index is 1.97. The third-order valence-corrected chi connectivity index (χ3v) is 3.88. The Kier molecular flexibility index (Phi) is 4.53. The van der Waals surface area contributed by atoms with Crippen molar-refractivity contribution in [2.45, 2.75) is 0 Å². The van der Waals surface area contributed by atoms with Gasteiger partial charge < -0.3 is 4.90 Å². The van der Waals surface area contributed by atoms with Crippen molar-refractivity contribution in [3.05, 3.63) is 77.1 Å². The van der Waals surface area contributed by atoms with Crippen LogP contribution in [0, 0.1) is 5.82 Å². The number of hydrogen-bond donors (Lipinski definition) is 0. The third kappa shape index (κ3) is 2.86. The van der Waals surface area contributed by atoms with Gasteiger partial charge in [-0.25, -0.2) is 4.39 Å². The van der Waals surface area contributed by atoms with E-state index in [-0.39, 0.29) is 22.2 Å². The van der Waals surface area contributed by atoms with Crippen LogP contribution in [0.5, 0.6) is 0 Å². The summed E-state index contributed by atoms with van der Waals surface area (Å²) in [5.74, 6) is -0.772. The average Bonchev–Trinajstić information content (AvgIpc) is 2.83. The normalized spacial score (nSPS) is 15.3. The highest BCUT2D eigenvalue weighted by Crippen LogP contribution is 2.29. The molecule has 0 atom stereocenters. The van der Waals surface area contributed by atoms with E-state index in [1.807, 2.05) is 18.2 Å². The Labute approximate surface area is 143 Å². The van der Waals surface area contributed by atoms with E-state index in [1.165, 1.54) is 18.3 Å². The van der Waals surface area contributed by atoms with Crippen molar-refractivity contribution in [1.82, 2.24) is 0 Å². The monoisotopic (exact) mass is 341 g/mol. The number of amides is 1. The lowest BCUT2D eigenvalue weighted by molar-refractivity contribution is -0.112. The molecule has 2 aromatic carbocycles. The molecular weight excluding hydrogens is 329 g/mol. The number of para-hydroxylation sites is 1. The van der Waals surface area contributed by atoms with E-state index in [9.17, 15) is 9.18 Å². The van der Waals surface area contributed by atoms with Crippen LogP contribution in [0.3, 0.4) is 0 Å². The number of nitrogens with zero attached hydrogens (tertiary/aromatic N) is 3. The number of halogens is 2. The molecule has 0 bridgehead atoms. The Hall–Kier alpha value is -2.79. The van der Waals surface area contributed by atoms with Crippen molar-refractivity contribution in [3.8, 4) is 0 Å². The summed E-state index contributed by atoms with van der Waals surface area (Å²) >= 11 is 5.93. The van der Waals surface area contributed by atoms with Gasteiger partial charge in [0.15, 0.2) is 5.71 Å². The molecule has 0 N–H and O–H groups in total. The molecule has 0 unspecified atom stereocenters. The van der Waals surface area contributed by atoms with Gasteiger partial charge in [-0.3, -0.25) is 4.79 Å². The first-order valence-corrected chi connectivity index (χ1v) is 7.58. The standard InChI is InChI=1S/C18H13ClFN3O/c1-2-10-23-16-9-4-3-6-12(16)17(18(23)24)22-21-11-13-14(19)7-5-8-15(13)20/h2-9,11H,1,10H2/b21-11-,22-17-. The summed E-state index contributed by atoms with van der Waals surface area (Å²) in [6.45, 7) is 4.03. The number of carbonyl (C=O) groups is 1. The van der Waals surface area contributed by atoms with Crippen molar-refractivity contribution < 1.29 is 9.18 Å². The first-order valence-electron chi connectivity index (χ1n) is 7.20. The zero-order chi connectivity index (χ0) is 17.1. The van der Waals surface area contributed by atoms with Gasteiger partial charge in [0.05, 0.1) is 16.9 Å². The number of anilines is 1. The Morgan fingerprint density at radius 2 is 2.00 bits per heavy atom. The molecule has 1 aliphatic rings. The molecule has 0 aliphatic carbocycles. The minimum atomic E-state index is -0.502. The number of rotatable bonds is 4. The maximum absolute atomic E-state index is 13.7. The largest absolute Gasteiger partial charge is 0.302 e. The summed E-state index contributed by atoms with van der Waals surface area (Å²) in [5, 5.41) is 8.07. The van der Waals surface area contributed by atoms with E-state index in [0.717, 1.165) is 5.69 Å². The lowest BCUT2D eigenvalue weighted by atomic mass is 10.1. The van der Waals surface area contributed by atoms with Crippen LogP contribution < -0.4 is 4.90 Å². The molecule has 24 heavy (non-hydrogen) atoms. The molecule has 6 heteroatoms. The molecule has 1 heterocycles. The molecule has 0 saturated carbocycles. The van der Waals surface area contributed by atoms with Gasteiger partial charge in [-0.2, -0.15) is 5.10 Å². The smallest absolute Gasteiger partial charge is 0.279 e. The molecule has 0 spiro atoms. The highest BCUT2D eigenvalue weighted by Gasteiger charge is 2.32. The van der Waals surface area contributed by atoms with Crippen molar-refractivity contribution in [3.63, 3.8) is 0 Å². The number of hydrogen-bond acceptors (Lipinski definition) is 3. The summed E-state index contributed by atoms with van der Waals surface area (Å²) in [4.78, 5) is 14.1. The van der Waals surface area contributed by atoms with Gasteiger partial charge in [0.1, 0.15) is 5.82 Å². The second-order valence-corrected chi connectivity index (χ2v) is 5.46. The minimum absolute atomic E-state index is 0.130. The quantitative estimate of drug-likeness (QED) is 0.473. The van der Waals surface area contributed by atoms with Crippen LogP contribution in [0.2, 0.25) is 5.02 Å². The lowest BCUT2D eigenvalue weighted by Gasteiger charge is -2.13. The Morgan fingerprint density at radius 1 is 1.21 bits per heavy atom. The van der Waals surface area contributed by atoms with Crippen LogP contribution in [-0.4, -0.2) is 24.4 Å². The van der Waals surface area contributed by atoms with Crippen LogP contribution in [0.25, 0.3) is 0 Å². The summed E-state index contributed by atoms with van der Waals surface area (Å²) in [6, 6.07) is 11.6. The fourth-order valence-corrected chi connectivity index (χ4v) is 2.66. The Morgan fingerprint density at radius 3 is 2.75 bits per heavy atom. The Bertz CT molecular complexity index is 856. The lowest BCUT2D eigenvalue weighted by Crippen LogP contribution is -2.30. The summed E-state index contributed by atoms with van der Waals surface area (Å²) in [6.07, 6.45) is 2.84. The van der Waals surface area contributed by atoms with Gasteiger partial charge >= 0.3 is 0 Å². The predicted molar refractivity (Wildman–Crippen MR) is 94.5 cm³/mol. The molecule has 4 nitrogen and oxygen atoms in total. The van der Waals surface area contributed by atoms with E-state index in [4.69, 9.17) is 11.6 Å². The molecule has 1 aliphatic heterocycles. The van der Waals surface area contributed by atoms with E-state index >= 15 is 0 Å². The molecule has 120 valence electrons. The first-order chi connectivity index (χ1) is 11.6. The van der Waals surface area contributed by atoms with Crippen molar-refractivity contribution >= 4 is 35.1 Å². The van der Waals surface area contributed by atoms with E-state index in [2.05, 4.69) is 16.8 Å². The van der Waals surface area contributed by atoms with Crippen molar-refractivity contribution in [2.75, 3.05) is 11.4 Å². The SMILES string of the molecule is C=CCN1C(=O)/C(=N\N=C/c2c(F)cccc2Cl)c2ccccc21. The molecule has 0 fully saturated rings. The topological polar surface area (TPSA) is 45.0 Å². The van der Waals surface area contributed by atoms with Crippen LogP contribution >= 0.6 is 11.6 Å². The summed E-state index contributed by atoms with van der Waals surface area (Å²) < 4.78 is 13.7. The molecule has 0 aromatic heterocycles. The fourth-order valence-electron chi connectivity index (χ4n) is 2.45. The maximum atomic E-state index is 13.7. The highest BCUT2D eigenvalue weighted by molar-refractivity contribution is 6.54. The predicted octanol–water partition coefficient (Wildman–Crippen LogP) is 3.83. The van der Waals surface area contributed by atoms with Gasteiger partial charge in [0.25, 0.3) is 5.91 Å². The molecule has 0 radical (unpaired) electrons. The van der Waals surface area contributed by atoms with Crippen LogP contribution in [0.4, 0.5) is 10.1 Å². The van der Waals surface area contributed by atoms with Crippen LogP contribution in [-0.2, 0) is 4.79 Å².